The summed E-state index contributed by atoms with van der Waals surface area (Å²) in [6, 6.07) is 8.97. The lowest BCUT2D eigenvalue weighted by Gasteiger charge is -1.99. The van der Waals surface area contributed by atoms with E-state index in [0.29, 0.717) is 5.56 Å². The fourth-order valence-electron chi connectivity index (χ4n) is 0.929. The van der Waals surface area contributed by atoms with E-state index < -0.39 is 9.84 Å². The first-order chi connectivity index (χ1) is 5.99. The van der Waals surface area contributed by atoms with Crippen molar-refractivity contribution in [3.05, 3.63) is 41.3 Å². The van der Waals surface area contributed by atoms with Crippen LogP contribution in [0.4, 0.5) is 0 Å². The smallest absolute Gasteiger partial charge is 0.170 e. The highest BCUT2D eigenvalue weighted by Crippen LogP contribution is 2.08. The van der Waals surface area contributed by atoms with Gasteiger partial charge in [0, 0.05) is 6.26 Å². The Morgan fingerprint density at radius 3 is 2.31 bits per heavy atom. The number of sulfone groups is 1. The van der Waals surface area contributed by atoms with Gasteiger partial charge in [-0.1, -0.05) is 30.3 Å². The largest absolute Gasteiger partial charge is 0.398 e. The van der Waals surface area contributed by atoms with E-state index >= 15 is 0 Å². The second-order valence-corrected chi connectivity index (χ2v) is 4.66. The quantitative estimate of drug-likeness (QED) is 0.769. The van der Waals surface area contributed by atoms with Gasteiger partial charge in [-0.15, -0.1) is 0 Å². The summed E-state index contributed by atoms with van der Waals surface area (Å²) in [6.45, 7) is 0. The number of hydrogen-bond donors (Lipinski definition) is 1. The van der Waals surface area contributed by atoms with Crippen LogP contribution in [0.15, 0.2) is 35.7 Å². The summed E-state index contributed by atoms with van der Waals surface area (Å²) in [5, 5.41) is 1.06. The molecule has 0 aliphatic heterocycles. The molecule has 0 fully saturated rings. The molecular weight excluding hydrogens is 186 g/mol. The molecule has 1 rings (SSSR count). The van der Waals surface area contributed by atoms with Crippen LogP contribution in [0.5, 0.6) is 0 Å². The number of benzene rings is 1. The predicted octanol–water partition coefficient (Wildman–Crippen LogP) is 0.988. The maximum atomic E-state index is 10.9. The lowest BCUT2D eigenvalue weighted by atomic mass is 10.2. The molecule has 0 spiro atoms. The van der Waals surface area contributed by atoms with Gasteiger partial charge >= 0.3 is 0 Å². The van der Waals surface area contributed by atoms with E-state index in [9.17, 15) is 8.42 Å². The summed E-state index contributed by atoms with van der Waals surface area (Å²) in [7, 11) is -3.16. The van der Waals surface area contributed by atoms with Crippen LogP contribution in [0, 0.1) is 0 Å². The van der Waals surface area contributed by atoms with Crippen molar-refractivity contribution >= 4 is 15.5 Å². The van der Waals surface area contributed by atoms with E-state index in [2.05, 4.69) is 0 Å². The lowest BCUT2D eigenvalue weighted by molar-refractivity contribution is 0.610. The maximum absolute atomic E-state index is 10.9. The van der Waals surface area contributed by atoms with Gasteiger partial charge in [0.2, 0.25) is 0 Å². The third kappa shape index (κ3) is 3.29. The van der Waals surface area contributed by atoms with Crippen molar-refractivity contribution in [2.45, 2.75) is 0 Å². The molecule has 13 heavy (non-hydrogen) atoms. The molecule has 0 unspecified atom stereocenters. The van der Waals surface area contributed by atoms with Gasteiger partial charge in [-0.05, 0) is 5.56 Å². The van der Waals surface area contributed by atoms with Crippen molar-refractivity contribution in [2.75, 3.05) is 6.26 Å². The summed E-state index contributed by atoms with van der Waals surface area (Å²) < 4.78 is 21.7. The number of nitrogens with two attached hydrogens (primary N) is 1. The van der Waals surface area contributed by atoms with E-state index in [1.165, 1.54) is 0 Å². The van der Waals surface area contributed by atoms with Crippen molar-refractivity contribution in [1.29, 1.82) is 0 Å². The van der Waals surface area contributed by atoms with Gasteiger partial charge in [0.05, 0.1) is 11.1 Å². The van der Waals surface area contributed by atoms with Gasteiger partial charge < -0.3 is 5.73 Å². The van der Waals surface area contributed by atoms with Crippen molar-refractivity contribution in [2.24, 2.45) is 5.73 Å². The van der Waals surface area contributed by atoms with E-state index in [1.807, 2.05) is 6.07 Å². The fraction of sp³-hybridized carbons (Fsp3) is 0.111. The molecular formula is C9H11NO2S. The van der Waals surface area contributed by atoms with Crippen LogP contribution in [0.2, 0.25) is 0 Å². The van der Waals surface area contributed by atoms with Crippen LogP contribution in [-0.2, 0) is 9.84 Å². The Balaban J connectivity index is 3.06. The topological polar surface area (TPSA) is 60.2 Å². The third-order valence-electron chi connectivity index (χ3n) is 1.45. The molecule has 0 amide bonds. The minimum absolute atomic E-state index is 0.267. The second-order valence-electron chi connectivity index (χ2n) is 2.77. The molecule has 0 aromatic heterocycles. The SMILES string of the molecule is CS(=O)(=O)/C=C(\N)c1ccccc1. The Hall–Kier alpha value is -1.29. The highest BCUT2D eigenvalue weighted by Gasteiger charge is 2.00. The standard InChI is InChI=1S/C9H11NO2S/c1-13(11,12)7-9(10)8-5-3-2-4-6-8/h2-7H,10H2,1H3/b9-7-. The highest BCUT2D eigenvalue weighted by atomic mass is 32.2. The molecule has 0 aliphatic rings. The number of rotatable bonds is 2. The number of hydrogen-bond acceptors (Lipinski definition) is 3. The average Bonchev–Trinajstić information content (AvgIpc) is 2.03. The minimum Gasteiger partial charge on any atom is -0.398 e. The Kier molecular flexibility index (Phi) is 2.72. The zero-order valence-electron chi connectivity index (χ0n) is 7.27. The van der Waals surface area contributed by atoms with Crippen molar-refractivity contribution in [3.8, 4) is 0 Å². The first kappa shape index (κ1) is 9.80. The molecule has 3 nitrogen and oxygen atoms in total. The van der Waals surface area contributed by atoms with Gasteiger partial charge in [-0.2, -0.15) is 0 Å². The van der Waals surface area contributed by atoms with E-state index in [0.717, 1.165) is 11.7 Å². The van der Waals surface area contributed by atoms with Gasteiger partial charge in [-0.3, -0.25) is 0 Å². The van der Waals surface area contributed by atoms with Gasteiger partial charge in [-0.25, -0.2) is 8.42 Å². The zero-order chi connectivity index (χ0) is 9.90. The van der Waals surface area contributed by atoms with Crippen LogP contribution in [-0.4, -0.2) is 14.7 Å². The van der Waals surface area contributed by atoms with Crippen LogP contribution < -0.4 is 5.73 Å². The summed E-state index contributed by atoms with van der Waals surface area (Å²) in [5.41, 5.74) is 6.55. The van der Waals surface area contributed by atoms with E-state index in [-0.39, 0.29) is 5.70 Å². The Morgan fingerprint density at radius 1 is 1.31 bits per heavy atom. The van der Waals surface area contributed by atoms with E-state index in [4.69, 9.17) is 5.73 Å². The molecule has 0 bridgehead atoms. The monoisotopic (exact) mass is 197 g/mol. The third-order valence-corrected chi connectivity index (χ3v) is 2.13. The first-order valence-electron chi connectivity index (χ1n) is 3.72. The van der Waals surface area contributed by atoms with Crippen LogP contribution in [0.25, 0.3) is 5.70 Å². The minimum atomic E-state index is -3.16. The summed E-state index contributed by atoms with van der Waals surface area (Å²) in [6.07, 6.45) is 1.11. The molecule has 0 radical (unpaired) electrons. The van der Waals surface area contributed by atoms with Gasteiger partial charge in [0.15, 0.2) is 9.84 Å². The Labute approximate surface area is 77.8 Å². The average molecular weight is 197 g/mol. The molecule has 0 aliphatic carbocycles. The molecule has 0 saturated carbocycles. The maximum Gasteiger partial charge on any atom is 0.170 e. The Morgan fingerprint density at radius 2 is 1.85 bits per heavy atom. The summed E-state index contributed by atoms with van der Waals surface area (Å²) in [5.74, 6) is 0. The molecule has 1 aromatic rings. The molecule has 70 valence electrons. The molecule has 2 N–H and O–H groups in total. The lowest BCUT2D eigenvalue weighted by Crippen LogP contribution is -2.00. The second kappa shape index (κ2) is 3.62. The zero-order valence-corrected chi connectivity index (χ0v) is 8.08. The van der Waals surface area contributed by atoms with Gasteiger partial charge in [0.1, 0.15) is 0 Å². The molecule has 4 heteroatoms. The van der Waals surface area contributed by atoms with Crippen molar-refractivity contribution < 1.29 is 8.42 Å². The Bertz CT molecular complexity index is 407. The van der Waals surface area contributed by atoms with Gasteiger partial charge in [0.25, 0.3) is 0 Å². The molecule has 0 heterocycles. The first-order valence-corrected chi connectivity index (χ1v) is 5.67. The highest BCUT2D eigenvalue weighted by molar-refractivity contribution is 7.93. The van der Waals surface area contributed by atoms with Crippen LogP contribution >= 0.6 is 0 Å². The molecule has 0 atom stereocenters. The van der Waals surface area contributed by atoms with Crippen LogP contribution in [0.1, 0.15) is 5.56 Å². The normalized spacial score (nSPS) is 12.8. The van der Waals surface area contributed by atoms with E-state index in [1.54, 1.807) is 24.3 Å². The van der Waals surface area contributed by atoms with Crippen molar-refractivity contribution in [3.63, 3.8) is 0 Å². The fourth-order valence-corrected chi connectivity index (χ4v) is 1.53. The van der Waals surface area contributed by atoms with Crippen LogP contribution in [0.3, 0.4) is 0 Å². The molecule has 0 saturated heterocycles. The summed E-state index contributed by atoms with van der Waals surface area (Å²) >= 11 is 0. The summed E-state index contributed by atoms with van der Waals surface area (Å²) in [4.78, 5) is 0. The van der Waals surface area contributed by atoms with Crippen molar-refractivity contribution in [1.82, 2.24) is 0 Å². The molecule has 1 aromatic carbocycles. The predicted molar refractivity (Wildman–Crippen MR) is 53.5 cm³/mol.